The lowest BCUT2D eigenvalue weighted by atomic mass is 10.1. The number of benzene rings is 1. The van der Waals surface area contributed by atoms with Gasteiger partial charge in [0.1, 0.15) is 6.20 Å². The molecule has 1 N–H and O–H groups in total. The summed E-state index contributed by atoms with van der Waals surface area (Å²) in [5.74, 6) is 0. The second-order valence-corrected chi connectivity index (χ2v) is 7.90. The van der Waals surface area contributed by atoms with Gasteiger partial charge in [0.15, 0.2) is 0 Å². The molecule has 0 bridgehead atoms. The molecule has 3 rings (SSSR count). The number of aromatic nitrogens is 3. The van der Waals surface area contributed by atoms with Gasteiger partial charge in [-0.15, -0.1) is 0 Å². The number of sulfonamides is 1. The fourth-order valence-corrected chi connectivity index (χ4v) is 3.55. The van der Waals surface area contributed by atoms with E-state index in [9.17, 15) is 18.5 Å². The van der Waals surface area contributed by atoms with E-state index >= 15 is 0 Å². The smallest absolute Gasteiger partial charge is 0.283 e. The number of fused-ring (bicyclic) bond motifs is 1. The van der Waals surface area contributed by atoms with Crippen molar-refractivity contribution in [3.8, 4) is 11.3 Å². The van der Waals surface area contributed by atoms with Crippen molar-refractivity contribution < 1.29 is 13.3 Å². The van der Waals surface area contributed by atoms with Crippen molar-refractivity contribution in [2.45, 2.75) is 25.5 Å². The van der Waals surface area contributed by atoms with Gasteiger partial charge in [-0.2, -0.15) is 5.10 Å². The minimum atomic E-state index is -3.49. The quantitative estimate of drug-likeness (QED) is 0.522. The molecule has 2 heterocycles. The molecule has 1 unspecified atom stereocenters. The van der Waals surface area contributed by atoms with Gasteiger partial charge in [-0.3, -0.25) is 14.8 Å². The molecule has 0 aliphatic carbocycles. The zero-order valence-electron chi connectivity index (χ0n) is 14.2. The van der Waals surface area contributed by atoms with Gasteiger partial charge in [-0.1, -0.05) is 19.1 Å². The normalized spacial score (nSPS) is 12.8. The lowest BCUT2D eigenvalue weighted by Crippen LogP contribution is -2.24. The third-order valence-corrected chi connectivity index (χ3v) is 6.02. The van der Waals surface area contributed by atoms with Crippen LogP contribution in [0.4, 0.5) is 11.4 Å². The molecule has 0 saturated carbocycles. The second kappa shape index (κ2) is 6.71. The summed E-state index contributed by atoms with van der Waals surface area (Å²) in [4.78, 5) is 14.5. The largest absolute Gasteiger partial charge is 0.333 e. The van der Waals surface area contributed by atoms with Crippen LogP contribution in [0.5, 0.6) is 0 Å². The van der Waals surface area contributed by atoms with Crippen LogP contribution in [0.2, 0.25) is 0 Å². The molecule has 0 aliphatic rings. The highest BCUT2D eigenvalue weighted by Gasteiger charge is 2.20. The standard InChI is InChI=1S/C16H17N5O4S/c1-3-11(2)26(24,25)19-13-6-4-5-12(9-13)14-7-8-17-16-15(21(22)23)10-18-20(14)16/h4-11,19H,3H2,1-2H3. The highest BCUT2D eigenvalue weighted by molar-refractivity contribution is 7.93. The van der Waals surface area contributed by atoms with Crippen molar-refractivity contribution in [3.63, 3.8) is 0 Å². The first kappa shape index (κ1) is 17.8. The average molecular weight is 375 g/mol. The van der Waals surface area contributed by atoms with E-state index in [-0.39, 0.29) is 11.3 Å². The molecule has 0 aliphatic heterocycles. The van der Waals surface area contributed by atoms with E-state index in [1.807, 2.05) is 0 Å². The van der Waals surface area contributed by atoms with Crippen molar-refractivity contribution in [3.05, 3.63) is 52.8 Å². The molecular weight excluding hydrogens is 358 g/mol. The lowest BCUT2D eigenvalue weighted by Gasteiger charge is -2.14. The summed E-state index contributed by atoms with van der Waals surface area (Å²) in [5, 5.41) is 14.6. The van der Waals surface area contributed by atoms with Gasteiger partial charge in [-0.25, -0.2) is 17.9 Å². The van der Waals surface area contributed by atoms with Gasteiger partial charge in [-0.05, 0) is 31.5 Å². The Morgan fingerprint density at radius 1 is 1.35 bits per heavy atom. The van der Waals surface area contributed by atoms with Crippen molar-refractivity contribution in [1.29, 1.82) is 0 Å². The molecule has 1 aromatic carbocycles. The Hall–Kier alpha value is -3.01. The summed E-state index contributed by atoms with van der Waals surface area (Å²) in [7, 11) is -3.49. The summed E-state index contributed by atoms with van der Waals surface area (Å²) in [6.45, 7) is 3.44. The molecule has 26 heavy (non-hydrogen) atoms. The lowest BCUT2D eigenvalue weighted by molar-refractivity contribution is -0.383. The number of nitro groups is 1. The summed E-state index contributed by atoms with van der Waals surface area (Å²) in [5.41, 5.74) is 1.56. The zero-order chi connectivity index (χ0) is 18.9. The monoisotopic (exact) mass is 375 g/mol. The molecule has 136 valence electrons. The molecule has 10 heteroatoms. The van der Waals surface area contributed by atoms with Gasteiger partial charge < -0.3 is 0 Å². The van der Waals surface area contributed by atoms with Crippen LogP contribution in [0.1, 0.15) is 20.3 Å². The van der Waals surface area contributed by atoms with Gasteiger partial charge in [0, 0.05) is 17.4 Å². The zero-order valence-corrected chi connectivity index (χ0v) is 15.0. The third kappa shape index (κ3) is 3.23. The first-order valence-electron chi connectivity index (χ1n) is 7.92. The summed E-state index contributed by atoms with van der Waals surface area (Å²) in [6.07, 6.45) is 3.09. The number of nitrogens with zero attached hydrogens (tertiary/aromatic N) is 4. The minimum absolute atomic E-state index is 0.123. The van der Waals surface area contributed by atoms with E-state index in [1.165, 1.54) is 10.7 Å². The SMILES string of the molecule is CCC(C)S(=O)(=O)Nc1cccc(-c2ccnc3c([N+](=O)[O-])cnn23)c1. The van der Waals surface area contributed by atoms with Crippen LogP contribution in [0.15, 0.2) is 42.7 Å². The molecule has 0 amide bonds. The van der Waals surface area contributed by atoms with Crippen LogP contribution < -0.4 is 4.72 Å². The van der Waals surface area contributed by atoms with Crippen LogP contribution in [0, 0.1) is 10.1 Å². The maximum Gasteiger partial charge on any atom is 0.333 e. The molecular formula is C16H17N5O4S. The van der Waals surface area contributed by atoms with Crippen LogP contribution in [-0.4, -0.2) is 33.2 Å². The van der Waals surface area contributed by atoms with Crippen molar-refractivity contribution in [2.24, 2.45) is 0 Å². The van der Waals surface area contributed by atoms with E-state index < -0.39 is 20.2 Å². The van der Waals surface area contributed by atoms with Crippen LogP contribution in [0.25, 0.3) is 16.9 Å². The van der Waals surface area contributed by atoms with E-state index in [1.54, 1.807) is 44.2 Å². The fourth-order valence-electron chi connectivity index (χ4n) is 2.45. The van der Waals surface area contributed by atoms with Crippen LogP contribution in [-0.2, 0) is 10.0 Å². The number of hydrogen-bond acceptors (Lipinski definition) is 6. The Bertz CT molecular complexity index is 1080. The number of hydrogen-bond donors (Lipinski definition) is 1. The highest BCUT2D eigenvalue weighted by Crippen LogP contribution is 2.26. The Balaban J connectivity index is 2.04. The molecule has 1 atom stereocenters. The molecule has 0 saturated heterocycles. The van der Waals surface area contributed by atoms with Crippen molar-refractivity contribution in [1.82, 2.24) is 14.6 Å². The maximum absolute atomic E-state index is 12.3. The van der Waals surface area contributed by atoms with Gasteiger partial charge in [0.2, 0.25) is 15.7 Å². The summed E-state index contributed by atoms with van der Waals surface area (Å²) >= 11 is 0. The second-order valence-electron chi connectivity index (χ2n) is 5.80. The Morgan fingerprint density at radius 3 is 2.81 bits per heavy atom. The predicted octanol–water partition coefficient (Wildman–Crippen LogP) is 2.84. The topological polar surface area (TPSA) is 120 Å². The Morgan fingerprint density at radius 2 is 2.12 bits per heavy atom. The number of rotatable bonds is 6. The summed E-state index contributed by atoms with van der Waals surface area (Å²) < 4.78 is 28.4. The van der Waals surface area contributed by atoms with Crippen LogP contribution >= 0.6 is 0 Å². The van der Waals surface area contributed by atoms with E-state index in [0.717, 1.165) is 6.20 Å². The van der Waals surface area contributed by atoms with Crippen molar-refractivity contribution in [2.75, 3.05) is 4.72 Å². The fraction of sp³-hybridized carbons (Fsp3) is 0.250. The van der Waals surface area contributed by atoms with E-state index in [0.29, 0.717) is 23.4 Å². The number of anilines is 1. The first-order valence-corrected chi connectivity index (χ1v) is 9.47. The first-order chi connectivity index (χ1) is 12.3. The third-order valence-electron chi connectivity index (χ3n) is 4.10. The van der Waals surface area contributed by atoms with Crippen LogP contribution in [0.3, 0.4) is 0 Å². The van der Waals surface area contributed by atoms with Gasteiger partial charge in [0.25, 0.3) is 0 Å². The van der Waals surface area contributed by atoms with E-state index in [4.69, 9.17) is 0 Å². The molecule has 0 spiro atoms. The van der Waals surface area contributed by atoms with Gasteiger partial charge >= 0.3 is 5.69 Å². The van der Waals surface area contributed by atoms with E-state index in [2.05, 4.69) is 14.8 Å². The average Bonchev–Trinajstić information content (AvgIpc) is 3.05. The Kier molecular flexibility index (Phi) is 4.60. The predicted molar refractivity (Wildman–Crippen MR) is 97.4 cm³/mol. The molecule has 9 nitrogen and oxygen atoms in total. The van der Waals surface area contributed by atoms with Gasteiger partial charge in [0.05, 0.1) is 15.9 Å². The molecule has 3 aromatic rings. The highest BCUT2D eigenvalue weighted by atomic mass is 32.2. The summed E-state index contributed by atoms with van der Waals surface area (Å²) in [6, 6.07) is 8.43. The molecule has 0 fully saturated rings. The maximum atomic E-state index is 12.3. The molecule has 2 aromatic heterocycles. The number of nitrogens with one attached hydrogen (secondary N) is 1. The van der Waals surface area contributed by atoms with Crippen molar-refractivity contribution >= 4 is 27.0 Å². The Labute approximate surface area is 149 Å². The minimum Gasteiger partial charge on any atom is -0.283 e. The molecule has 0 radical (unpaired) electrons.